The van der Waals surface area contributed by atoms with Crippen LogP contribution in [-0.2, 0) is 11.2 Å². The fourth-order valence-corrected chi connectivity index (χ4v) is 2.19. The number of nitrogens with zero attached hydrogens (tertiary/aromatic N) is 1. The molecule has 1 amide bonds. The van der Waals surface area contributed by atoms with E-state index in [1.54, 1.807) is 17.0 Å². The van der Waals surface area contributed by atoms with E-state index in [0.29, 0.717) is 0 Å². The number of phenolic OH excluding ortho intramolecular Hbond substituents is 1. The SMILES string of the molecule is CC1Cc2ccc(O)cc2N1C(=O)OC(C)(C)C. The second-order valence-electron chi connectivity index (χ2n) is 5.72. The number of phenols is 1. The maximum atomic E-state index is 12.2. The second-order valence-corrected chi connectivity index (χ2v) is 5.72. The third kappa shape index (κ3) is 2.42. The van der Waals surface area contributed by atoms with E-state index in [0.717, 1.165) is 17.7 Å². The summed E-state index contributed by atoms with van der Waals surface area (Å²) in [5.41, 5.74) is 1.29. The normalized spacial score (nSPS) is 18.7. The van der Waals surface area contributed by atoms with Crippen LogP contribution in [0.3, 0.4) is 0 Å². The first-order valence-electron chi connectivity index (χ1n) is 6.12. The van der Waals surface area contributed by atoms with E-state index in [1.807, 2.05) is 33.8 Å². The van der Waals surface area contributed by atoms with Crippen molar-refractivity contribution in [2.75, 3.05) is 4.90 Å². The topological polar surface area (TPSA) is 49.8 Å². The highest BCUT2D eigenvalue weighted by atomic mass is 16.6. The molecular weight excluding hydrogens is 230 g/mol. The van der Waals surface area contributed by atoms with E-state index < -0.39 is 5.60 Å². The number of carbonyl (C=O) groups excluding carboxylic acids is 1. The van der Waals surface area contributed by atoms with Gasteiger partial charge in [-0.25, -0.2) is 4.79 Å². The van der Waals surface area contributed by atoms with Gasteiger partial charge in [-0.1, -0.05) is 6.07 Å². The first-order chi connectivity index (χ1) is 8.28. The van der Waals surface area contributed by atoms with Gasteiger partial charge in [-0.2, -0.15) is 0 Å². The van der Waals surface area contributed by atoms with Crippen LogP contribution in [0.1, 0.15) is 33.3 Å². The Morgan fingerprint density at radius 2 is 2.11 bits per heavy atom. The zero-order chi connectivity index (χ0) is 13.5. The van der Waals surface area contributed by atoms with Crippen LogP contribution in [-0.4, -0.2) is 22.8 Å². The Morgan fingerprint density at radius 1 is 1.44 bits per heavy atom. The molecule has 4 heteroatoms. The number of hydrogen-bond acceptors (Lipinski definition) is 3. The lowest BCUT2D eigenvalue weighted by atomic mass is 10.1. The predicted octanol–water partition coefficient (Wildman–Crippen LogP) is 3.08. The van der Waals surface area contributed by atoms with Gasteiger partial charge in [0.15, 0.2) is 0 Å². The first-order valence-corrected chi connectivity index (χ1v) is 6.12. The zero-order valence-electron chi connectivity index (χ0n) is 11.2. The summed E-state index contributed by atoms with van der Waals surface area (Å²) in [4.78, 5) is 13.8. The van der Waals surface area contributed by atoms with Gasteiger partial charge in [0, 0.05) is 12.1 Å². The smallest absolute Gasteiger partial charge is 0.415 e. The van der Waals surface area contributed by atoms with Gasteiger partial charge in [0.25, 0.3) is 0 Å². The van der Waals surface area contributed by atoms with Crippen molar-refractivity contribution in [3.05, 3.63) is 23.8 Å². The standard InChI is InChI=1S/C14H19NO3/c1-9-7-10-5-6-11(16)8-12(10)15(9)13(17)18-14(2,3)4/h5-6,8-9,16H,7H2,1-4H3. The van der Waals surface area contributed by atoms with Crippen molar-refractivity contribution in [2.24, 2.45) is 0 Å². The summed E-state index contributed by atoms with van der Waals surface area (Å²) in [6.07, 6.45) is 0.425. The summed E-state index contributed by atoms with van der Waals surface area (Å²) in [5.74, 6) is 0.163. The first kappa shape index (κ1) is 12.7. The lowest BCUT2D eigenvalue weighted by Gasteiger charge is -2.27. The molecule has 0 aromatic heterocycles. The molecule has 0 aliphatic carbocycles. The highest BCUT2D eigenvalue weighted by molar-refractivity contribution is 5.91. The largest absolute Gasteiger partial charge is 0.508 e. The third-order valence-corrected chi connectivity index (χ3v) is 2.87. The molecule has 1 atom stereocenters. The molecule has 1 aliphatic rings. The van der Waals surface area contributed by atoms with Gasteiger partial charge in [-0.15, -0.1) is 0 Å². The number of fused-ring (bicyclic) bond motifs is 1. The fraction of sp³-hybridized carbons (Fsp3) is 0.500. The van der Waals surface area contributed by atoms with Crippen molar-refractivity contribution < 1.29 is 14.6 Å². The van der Waals surface area contributed by atoms with E-state index >= 15 is 0 Å². The molecule has 0 saturated heterocycles. The minimum absolute atomic E-state index is 0.0525. The van der Waals surface area contributed by atoms with Gasteiger partial charge in [-0.05, 0) is 45.7 Å². The van der Waals surface area contributed by atoms with Crippen LogP contribution >= 0.6 is 0 Å². The van der Waals surface area contributed by atoms with Gasteiger partial charge >= 0.3 is 6.09 Å². The lowest BCUT2D eigenvalue weighted by molar-refractivity contribution is 0.0572. The molecule has 0 radical (unpaired) electrons. The molecule has 1 unspecified atom stereocenters. The highest BCUT2D eigenvalue weighted by Crippen LogP contribution is 2.35. The average Bonchev–Trinajstić information content (AvgIpc) is 2.50. The summed E-state index contributed by atoms with van der Waals surface area (Å²) in [5, 5.41) is 9.54. The third-order valence-electron chi connectivity index (χ3n) is 2.87. The van der Waals surface area contributed by atoms with Crippen molar-refractivity contribution in [3.63, 3.8) is 0 Å². The maximum absolute atomic E-state index is 12.2. The average molecular weight is 249 g/mol. The summed E-state index contributed by atoms with van der Waals surface area (Å²) in [6, 6.07) is 5.16. The molecule has 0 spiro atoms. The summed E-state index contributed by atoms with van der Waals surface area (Å²) in [6.45, 7) is 7.50. The van der Waals surface area contributed by atoms with Crippen molar-refractivity contribution in [1.82, 2.24) is 0 Å². The molecule has 0 bridgehead atoms. The number of amides is 1. The minimum Gasteiger partial charge on any atom is -0.508 e. The Kier molecular flexibility index (Phi) is 2.97. The number of rotatable bonds is 0. The van der Waals surface area contributed by atoms with E-state index in [1.165, 1.54) is 0 Å². The van der Waals surface area contributed by atoms with Crippen molar-refractivity contribution in [3.8, 4) is 5.75 Å². The summed E-state index contributed by atoms with van der Waals surface area (Å²) in [7, 11) is 0. The monoisotopic (exact) mass is 249 g/mol. The number of anilines is 1. The maximum Gasteiger partial charge on any atom is 0.415 e. The Balaban J connectivity index is 2.30. The van der Waals surface area contributed by atoms with Crippen LogP contribution in [0.2, 0.25) is 0 Å². The molecule has 1 aliphatic heterocycles. The van der Waals surface area contributed by atoms with Gasteiger partial charge in [-0.3, -0.25) is 4.90 Å². The number of aromatic hydroxyl groups is 1. The van der Waals surface area contributed by atoms with Gasteiger partial charge in [0.2, 0.25) is 0 Å². The van der Waals surface area contributed by atoms with Gasteiger partial charge < -0.3 is 9.84 Å². The quantitative estimate of drug-likeness (QED) is 0.768. The number of benzene rings is 1. The second kappa shape index (κ2) is 4.19. The van der Waals surface area contributed by atoms with Crippen LogP contribution in [0.25, 0.3) is 0 Å². The number of ether oxygens (including phenoxy) is 1. The van der Waals surface area contributed by atoms with Crippen molar-refractivity contribution >= 4 is 11.8 Å². The molecule has 0 fully saturated rings. The minimum atomic E-state index is -0.517. The Labute approximate surface area is 107 Å². The van der Waals surface area contributed by atoms with Crippen molar-refractivity contribution in [1.29, 1.82) is 0 Å². The van der Waals surface area contributed by atoms with E-state index in [9.17, 15) is 9.90 Å². The van der Waals surface area contributed by atoms with E-state index in [-0.39, 0.29) is 17.9 Å². The highest BCUT2D eigenvalue weighted by Gasteiger charge is 2.34. The van der Waals surface area contributed by atoms with E-state index in [4.69, 9.17) is 4.74 Å². The lowest BCUT2D eigenvalue weighted by Crippen LogP contribution is -2.40. The number of carbonyl (C=O) groups is 1. The van der Waals surface area contributed by atoms with Crippen LogP contribution < -0.4 is 4.90 Å². The molecule has 1 aromatic carbocycles. The summed E-state index contributed by atoms with van der Waals surface area (Å²) < 4.78 is 5.39. The van der Waals surface area contributed by atoms with Gasteiger partial charge in [0.05, 0.1) is 5.69 Å². The van der Waals surface area contributed by atoms with Crippen LogP contribution in [0.15, 0.2) is 18.2 Å². The molecular formula is C14H19NO3. The van der Waals surface area contributed by atoms with Gasteiger partial charge in [0.1, 0.15) is 11.4 Å². The Hall–Kier alpha value is -1.71. The fourth-order valence-electron chi connectivity index (χ4n) is 2.19. The molecule has 98 valence electrons. The molecule has 1 aromatic rings. The van der Waals surface area contributed by atoms with Crippen LogP contribution in [0.5, 0.6) is 5.75 Å². The van der Waals surface area contributed by atoms with E-state index in [2.05, 4.69) is 0 Å². The van der Waals surface area contributed by atoms with Crippen molar-refractivity contribution in [2.45, 2.75) is 45.8 Å². The van der Waals surface area contributed by atoms with Crippen LogP contribution in [0, 0.1) is 0 Å². The molecule has 18 heavy (non-hydrogen) atoms. The predicted molar refractivity (Wildman–Crippen MR) is 70.0 cm³/mol. The Bertz CT molecular complexity index is 476. The molecule has 0 saturated carbocycles. The Morgan fingerprint density at radius 3 is 2.72 bits per heavy atom. The summed E-state index contributed by atoms with van der Waals surface area (Å²) >= 11 is 0. The molecule has 1 N–H and O–H groups in total. The molecule has 2 rings (SSSR count). The number of hydrogen-bond donors (Lipinski definition) is 1. The molecule has 1 heterocycles. The van der Waals surface area contributed by atoms with Crippen LogP contribution in [0.4, 0.5) is 10.5 Å². The molecule has 4 nitrogen and oxygen atoms in total. The zero-order valence-corrected chi connectivity index (χ0v) is 11.2.